The van der Waals surface area contributed by atoms with E-state index < -0.39 is 0 Å². The Morgan fingerprint density at radius 1 is 1.15 bits per heavy atom. The van der Waals surface area contributed by atoms with Crippen molar-refractivity contribution >= 4 is 5.69 Å². The lowest BCUT2D eigenvalue weighted by atomic mass is 10.0. The number of rotatable bonds is 3. The van der Waals surface area contributed by atoms with Crippen molar-refractivity contribution in [2.45, 2.75) is 32.4 Å². The minimum atomic E-state index is 0.0600. The van der Waals surface area contributed by atoms with Crippen LogP contribution in [0.1, 0.15) is 29.7 Å². The van der Waals surface area contributed by atoms with Gasteiger partial charge in [-0.2, -0.15) is 0 Å². The van der Waals surface area contributed by atoms with Gasteiger partial charge in [-0.15, -0.1) is 0 Å². The van der Waals surface area contributed by atoms with Crippen LogP contribution >= 0.6 is 0 Å². The molecule has 0 saturated carbocycles. The molecule has 1 aliphatic rings. The minimum absolute atomic E-state index is 0.0600. The molecule has 0 saturated heterocycles. The quantitative estimate of drug-likeness (QED) is 0.922. The molecule has 3 rings (SSSR count). The molecule has 2 nitrogen and oxygen atoms in total. The number of hydrogen-bond acceptors (Lipinski definition) is 2. The maximum Gasteiger partial charge on any atom is 0.0475 e. The van der Waals surface area contributed by atoms with Crippen LogP contribution in [-0.4, -0.2) is 12.6 Å². The predicted molar refractivity (Wildman–Crippen MR) is 85.1 cm³/mol. The van der Waals surface area contributed by atoms with E-state index in [1.807, 2.05) is 0 Å². The molecule has 1 aliphatic heterocycles. The molecule has 2 unspecified atom stereocenters. The number of hydrogen-bond donors (Lipinski definition) is 1. The predicted octanol–water partition coefficient (Wildman–Crippen LogP) is 3.45. The Labute approximate surface area is 121 Å². The number of fused-ring (bicyclic) bond motifs is 1. The number of para-hydroxylation sites is 1. The van der Waals surface area contributed by atoms with Gasteiger partial charge in [0.05, 0.1) is 0 Å². The van der Waals surface area contributed by atoms with E-state index in [9.17, 15) is 0 Å². The van der Waals surface area contributed by atoms with Crippen LogP contribution in [0.4, 0.5) is 5.69 Å². The summed E-state index contributed by atoms with van der Waals surface area (Å²) in [5.74, 6) is 0. The Morgan fingerprint density at radius 3 is 2.65 bits per heavy atom. The average Bonchev–Trinajstić information content (AvgIpc) is 2.76. The lowest BCUT2D eigenvalue weighted by Crippen LogP contribution is -2.36. The van der Waals surface area contributed by atoms with Crippen LogP contribution in [0.5, 0.6) is 0 Å². The first-order chi connectivity index (χ1) is 9.66. The van der Waals surface area contributed by atoms with Crippen LogP contribution in [0.2, 0.25) is 0 Å². The highest BCUT2D eigenvalue weighted by atomic mass is 15.2. The maximum atomic E-state index is 6.45. The van der Waals surface area contributed by atoms with Crippen LogP contribution in [0.3, 0.4) is 0 Å². The van der Waals surface area contributed by atoms with Crippen molar-refractivity contribution < 1.29 is 0 Å². The van der Waals surface area contributed by atoms with Crippen LogP contribution in [-0.2, 0) is 6.42 Å². The molecule has 0 amide bonds. The topological polar surface area (TPSA) is 29.3 Å². The van der Waals surface area contributed by atoms with Gasteiger partial charge in [0.15, 0.2) is 0 Å². The average molecular weight is 266 g/mol. The summed E-state index contributed by atoms with van der Waals surface area (Å²) in [6.07, 6.45) is 1.12. The Bertz CT molecular complexity index is 606. The summed E-state index contributed by atoms with van der Waals surface area (Å²) >= 11 is 0. The second kappa shape index (κ2) is 5.29. The normalized spacial score (nSPS) is 18.9. The van der Waals surface area contributed by atoms with Gasteiger partial charge in [-0.05, 0) is 43.0 Å². The Morgan fingerprint density at radius 2 is 1.85 bits per heavy atom. The smallest absolute Gasteiger partial charge is 0.0475 e. The summed E-state index contributed by atoms with van der Waals surface area (Å²) < 4.78 is 0. The van der Waals surface area contributed by atoms with Gasteiger partial charge in [0.1, 0.15) is 0 Å². The first kappa shape index (κ1) is 13.2. The first-order valence-electron chi connectivity index (χ1n) is 7.32. The molecule has 0 aromatic heterocycles. The number of anilines is 1. The lowest BCUT2D eigenvalue weighted by Gasteiger charge is -2.28. The molecule has 20 heavy (non-hydrogen) atoms. The third-order valence-electron chi connectivity index (χ3n) is 4.33. The molecular weight excluding hydrogens is 244 g/mol. The molecule has 0 radical (unpaired) electrons. The van der Waals surface area contributed by atoms with Crippen LogP contribution < -0.4 is 10.6 Å². The van der Waals surface area contributed by atoms with Gasteiger partial charge in [0.2, 0.25) is 0 Å². The molecule has 2 atom stereocenters. The summed E-state index contributed by atoms with van der Waals surface area (Å²) in [7, 11) is 0. The third kappa shape index (κ3) is 2.32. The molecule has 104 valence electrons. The third-order valence-corrected chi connectivity index (χ3v) is 4.33. The van der Waals surface area contributed by atoms with E-state index in [-0.39, 0.29) is 6.04 Å². The largest absolute Gasteiger partial charge is 0.366 e. The SMILES string of the molecule is Cc1ccccc1C(N)CN1c2ccccc2CC1C. The van der Waals surface area contributed by atoms with Gasteiger partial charge in [0.25, 0.3) is 0 Å². The molecule has 2 aromatic carbocycles. The van der Waals surface area contributed by atoms with Gasteiger partial charge < -0.3 is 10.6 Å². The summed E-state index contributed by atoms with van der Waals surface area (Å²) in [5.41, 5.74) is 11.8. The Kier molecular flexibility index (Phi) is 3.49. The van der Waals surface area contributed by atoms with Crippen LogP contribution in [0, 0.1) is 6.92 Å². The Hall–Kier alpha value is -1.80. The first-order valence-corrected chi connectivity index (χ1v) is 7.32. The van der Waals surface area contributed by atoms with Crippen LogP contribution in [0.25, 0.3) is 0 Å². The molecule has 0 aliphatic carbocycles. The van der Waals surface area contributed by atoms with Crippen molar-refractivity contribution in [1.82, 2.24) is 0 Å². The highest BCUT2D eigenvalue weighted by Gasteiger charge is 2.27. The van der Waals surface area contributed by atoms with Crippen molar-refractivity contribution in [2.24, 2.45) is 5.73 Å². The van der Waals surface area contributed by atoms with E-state index in [0.717, 1.165) is 13.0 Å². The number of aryl methyl sites for hydroxylation is 1. The zero-order valence-electron chi connectivity index (χ0n) is 12.2. The fraction of sp³-hybridized carbons (Fsp3) is 0.333. The van der Waals surface area contributed by atoms with E-state index in [1.54, 1.807) is 0 Å². The fourth-order valence-corrected chi connectivity index (χ4v) is 3.22. The van der Waals surface area contributed by atoms with Crippen molar-refractivity contribution in [1.29, 1.82) is 0 Å². The monoisotopic (exact) mass is 266 g/mol. The van der Waals surface area contributed by atoms with Gasteiger partial charge >= 0.3 is 0 Å². The standard InChI is InChI=1S/C18H22N2/c1-13-7-3-5-9-16(13)17(19)12-20-14(2)11-15-8-4-6-10-18(15)20/h3-10,14,17H,11-12,19H2,1-2H3. The van der Waals surface area contributed by atoms with Crippen LogP contribution in [0.15, 0.2) is 48.5 Å². The van der Waals surface area contributed by atoms with E-state index >= 15 is 0 Å². The van der Waals surface area contributed by atoms with Gasteiger partial charge in [-0.3, -0.25) is 0 Å². The molecule has 1 heterocycles. The Balaban J connectivity index is 1.83. The number of nitrogens with zero attached hydrogens (tertiary/aromatic N) is 1. The zero-order valence-corrected chi connectivity index (χ0v) is 12.2. The highest BCUT2D eigenvalue weighted by molar-refractivity contribution is 5.59. The number of nitrogens with two attached hydrogens (primary N) is 1. The van der Waals surface area contributed by atoms with Crippen molar-refractivity contribution in [3.05, 3.63) is 65.2 Å². The van der Waals surface area contributed by atoms with E-state index in [2.05, 4.69) is 67.3 Å². The molecular formula is C18H22N2. The van der Waals surface area contributed by atoms with Gasteiger partial charge in [-0.1, -0.05) is 42.5 Å². The van der Waals surface area contributed by atoms with E-state index in [1.165, 1.54) is 22.4 Å². The lowest BCUT2D eigenvalue weighted by molar-refractivity contribution is 0.608. The summed E-state index contributed by atoms with van der Waals surface area (Å²) in [6.45, 7) is 5.30. The molecule has 0 spiro atoms. The summed E-state index contributed by atoms with van der Waals surface area (Å²) in [4.78, 5) is 2.45. The molecule has 0 bridgehead atoms. The minimum Gasteiger partial charge on any atom is -0.366 e. The van der Waals surface area contributed by atoms with Gasteiger partial charge in [0, 0.05) is 24.3 Å². The van der Waals surface area contributed by atoms with E-state index in [0.29, 0.717) is 6.04 Å². The number of benzene rings is 2. The van der Waals surface area contributed by atoms with Crippen molar-refractivity contribution in [3.8, 4) is 0 Å². The molecule has 0 fully saturated rings. The van der Waals surface area contributed by atoms with Crippen molar-refractivity contribution in [2.75, 3.05) is 11.4 Å². The van der Waals surface area contributed by atoms with Gasteiger partial charge in [-0.25, -0.2) is 0 Å². The zero-order chi connectivity index (χ0) is 14.1. The second-order valence-corrected chi connectivity index (χ2v) is 5.80. The molecule has 2 N–H and O–H groups in total. The van der Waals surface area contributed by atoms with Crippen molar-refractivity contribution in [3.63, 3.8) is 0 Å². The fourth-order valence-electron chi connectivity index (χ4n) is 3.22. The molecule has 2 aromatic rings. The van der Waals surface area contributed by atoms with E-state index in [4.69, 9.17) is 5.73 Å². The summed E-state index contributed by atoms with van der Waals surface area (Å²) in [6, 6.07) is 17.7. The molecule has 2 heteroatoms. The highest BCUT2D eigenvalue weighted by Crippen LogP contribution is 2.33. The second-order valence-electron chi connectivity index (χ2n) is 5.80. The summed E-state index contributed by atoms with van der Waals surface area (Å²) in [5, 5.41) is 0. The maximum absolute atomic E-state index is 6.45.